The molecule has 0 radical (unpaired) electrons. The molecule has 180 valence electrons. The minimum atomic E-state index is -0.753. The minimum Gasteiger partial charge on any atom is -0.390 e. The number of rotatable bonds is 0. The molecule has 1 spiro atoms. The highest BCUT2D eigenvalue weighted by atomic mass is 16.7. The molecule has 2 aliphatic heterocycles. The predicted molar refractivity (Wildman–Crippen MR) is 120 cm³/mol. The van der Waals surface area contributed by atoms with Gasteiger partial charge in [0, 0.05) is 24.7 Å². The van der Waals surface area contributed by atoms with Crippen molar-refractivity contribution in [2.45, 2.75) is 103 Å². The van der Waals surface area contributed by atoms with Crippen LogP contribution in [-0.2, 0) is 14.3 Å². The van der Waals surface area contributed by atoms with Gasteiger partial charge in [0.1, 0.15) is 5.78 Å². The molecule has 0 aromatic rings. The van der Waals surface area contributed by atoms with Crippen molar-refractivity contribution in [2.75, 3.05) is 6.61 Å². The predicted octanol–water partition coefficient (Wildman–Crippen LogP) is 3.94. The van der Waals surface area contributed by atoms with Gasteiger partial charge in [0.05, 0.1) is 24.9 Å². The smallest absolute Gasteiger partial charge is 0.171 e. The fourth-order valence-electron chi connectivity index (χ4n) is 10.1. The van der Waals surface area contributed by atoms with Gasteiger partial charge in [-0.3, -0.25) is 4.79 Å². The fraction of sp³-hybridized carbons (Fsp3) is 0.963. The van der Waals surface area contributed by atoms with Gasteiger partial charge in [0.2, 0.25) is 0 Å². The molecule has 6 rings (SSSR count). The van der Waals surface area contributed by atoms with Gasteiger partial charge in [0.25, 0.3) is 0 Å². The highest BCUT2D eigenvalue weighted by molar-refractivity contribution is 5.83. The average Bonchev–Trinajstić information content (AvgIpc) is 3.18. The number of aliphatic hydroxyl groups excluding tert-OH is 2. The van der Waals surface area contributed by atoms with Crippen molar-refractivity contribution in [1.29, 1.82) is 0 Å². The van der Waals surface area contributed by atoms with Crippen molar-refractivity contribution in [1.82, 2.24) is 0 Å². The van der Waals surface area contributed by atoms with Crippen molar-refractivity contribution in [2.24, 2.45) is 52.3 Å². The molecular weight excluding hydrogens is 404 g/mol. The molecular formula is C27H42O5. The molecule has 5 heteroatoms. The van der Waals surface area contributed by atoms with Crippen LogP contribution < -0.4 is 0 Å². The summed E-state index contributed by atoms with van der Waals surface area (Å²) in [6, 6.07) is 0. The van der Waals surface area contributed by atoms with E-state index in [1.54, 1.807) is 0 Å². The lowest BCUT2D eigenvalue weighted by atomic mass is 9.44. The van der Waals surface area contributed by atoms with E-state index in [9.17, 15) is 15.0 Å². The number of hydrogen-bond acceptors (Lipinski definition) is 5. The molecule has 13 unspecified atom stereocenters. The largest absolute Gasteiger partial charge is 0.390 e. The third-order valence-electron chi connectivity index (χ3n) is 11.7. The second kappa shape index (κ2) is 7.02. The number of ether oxygens (including phenoxy) is 2. The van der Waals surface area contributed by atoms with Crippen LogP contribution >= 0.6 is 0 Å². The van der Waals surface area contributed by atoms with E-state index in [1.807, 2.05) is 0 Å². The van der Waals surface area contributed by atoms with Crippen LogP contribution in [-0.4, -0.2) is 46.7 Å². The molecule has 5 nitrogen and oxygen atoms in total. The van der Waals surface area contributed by atoms with Gasteiger partial charge in [-0.1, -0.05) is 27.7 Å². The molecule has 4 aliphatic carbocycles. The maximum Gasteiger partial charge on any atom is 0.171 e. The Morgan fingerprint density at radius 3 is 2.47 bits per heavy atom. The lowest BCUT2D eigenvalue weighted by Crippen LogP contribution is -2.59. The second-order valence-electron chi connectivity index (χ2n) is 13.2. The number of fused-ring (bicyclic) bond motifs is 7. The Kier molecular flexibility index (Phi) is 4.83. The van der Waals surface area contributed by atoms with Gasteiger partial charge >= 0.3 is 0 Å². The van der Waals surface area contributed by atoms with Gasteiger partial charge in [-0.25, -0.2) is 0 Å². The van der Waals surface area contributed by atoms with E-state index in [0.717, 1.165) is 25.9 Å². The summed E-state index contributed by atoms with van der Waals surface area (Å²) in [5, 5.41) is 20.8. The van der Waals surface area contributed by atoms with Crippen molar-refractivity contribution in [3.63, 3.8) is 0 Å². The normalized spacial score (nSPS) is 61.8. The number of carbonyl (C=O) groups is 1. The highest BCUT2D eigenvalue weighted by Crippen LogP contribution is 2.71. The van der Waals surface area contributed by atoms with Gasteiger partial charge in [0.15, 0.2) is 5.79 Å². The Hall–Kier alpha value is -0.490. The molecule has 0 aromatic heterocycles. The first-order chi connectivity index (χ1) is 15.1. The zero-order valence-corrected chi connectivity index (χ0v) is 20.3. The number of ketones is 1. The van der Waals surface area contributed by atoms with Crippen LogP contribution in [0.25, 0.3) is 0 Å². The van der Waals surface area contributed by atoms with Crippen LogP contribution in [0.1, 0.15) is 79.1 Å². The first kappa shape index (κ1) is 22.0. The summed E-state index contributed by atoms with van der Waals surface area (Å²) in [5.41, 5.74) is 0.00540. The van der Waals surface area contributed by atoms with Crippen LogP contribution in [0, 0.1) is 52.3 Å². The summed E-state index contributed by atoms with van der Waals surface area (Å²) < 4.78 is 13.2. The number of carbonyl (C=O) groups excluding carboxylic acids is 1. The number of hydrogen-bond donors (Lipinski definition) is 2. The van der Waals surface area contributed by atoms with Gasteiger partial charge in [-0.15, -0.1) is 0 Å². The van der Waals surface area contributed by atoms with Crippen LogP contribution in [0.4, 0.5) is 0 Å². The maximum atomic E-state index is 13.4. The van der Waals surface area contributed by atoms with E-state index >= 15 is 0 Å². The lowest BCUT2D eigenvalue weighted by molar-refractivity contribution is -0.273. The summed E-state index contributed by atoms with van der Waals surface area (Å²) in [7, 11) is 0. The molecule has 2 saturated heterocycles. The van der Waals surface area contributed by atoms with Crippen LogP contribution in [0.2, 0.25) is 0 Å². The van der Waals surface area contributed by atoms with E-state index in [0.29, 0.717) is 60.6 Å². The van der Waals surface area contributed by atoms with E-state index in [2.05, 4.69) is 27.7 Å². The Morgan fingerprint density at radius 2 is 1.75 bits per heavy atom. The quantitative estimate of drug-likeness (QED) is 0.589. The molecule has 2 heterocycles. The molecule has 6 fully saturated rings. The van der Waals surface area contributed by atoms with Crippen molar-refractivity contribution in [3.05, 3.63) is 0 Å². The van der Waals surface area contributed by atoms with Crippen LogP contribution in [0.5, 0.6) is 0 Å². The Labute approximate surface area is 192 Å². The third-order valence-corrected chi connectivity index (χ3v) is 11.7. The lowest BCUT2D eigenvalue weighted by Gasteiger charge is -2.61. The van der Waals surface area contributed by atoms with Gasteiger partial charge in [-0.2, -0.15) is 0 Å². The summed E-state index contributed by atoms with van der Waals surface area (Å²) in [6.07, 6.45) is 5.97. The number of aliphatic hydroxyl groups is 2. The monoisotopic (exact) mass is 446 g/mol. The van der Waals surface area contributed by atoms with Crippen LogP contribution in [0.15, 0.2) is 0 Å². The summed E-state index contributed by atoms with van der Waals surface area (Å²) in [6.45, 7) is 10.2. The van der Waals surface area contributed by atoms with Crippen molar-refractivity contribution < 1.29 is 24.5 Å². The second-order valence-corrected chi connectivity index (χ2v) is 13.2. The standard InChI is InChI=1S/C27H42O5/c1-14-5-8-27(31-13-14)15(2)24-23(32-27)11-18-16-9-20(28)19-10-21(29)22(30)12-26(19,4)17(16)6-7-25(18,24)3/h14-19,21-24,29-30H,5-13H2,1-4H3. The molecule has 0 aromatic carbocycles. The Bertz CT molecular complexity index is 789. The zero-order chi connectivity index (χ0) is 22.6. The molecule has 32 heavy (non-hydrogen) atoms. The summed E-state index contributed by atoms with van der Waals surface area (Å²) in [4.78, 5) is 13.4. The van der Waals surface area contributed by atoms with Crippen LogP contribution in [0.3, 0.4) is 0 Å². The molecule has 0 bridgehead atoms. The average molecular weight is 447 g/mol. The minimum absolute atomic E-state index is 0.0940. The maximum absolute atomic E-state index is 13.4. The molecule has 4 saturated carbocycles. The van der Waals surface area contributed by atoms with E-state index in [-0.39, 0.29) is 22.9 Å². The van der Waals surface area contributed by atoms with Gasteiger partial charge in [-0.05, 0) is 78.9 Å². The summed E-state index contributed by atoms with van der Waals surface area (Å²) in [5.74, 6) is 2.69. The topological polar surface area (TPSA) is 76.0 Å². The Morgan fingerprint density at radius 1 is 0.969 bits per heavy atom. The van der Waals surface area contributed by atoms with E-state index in [4.69, 9.17) is 9.47 Å². The zero-order valence-electron chi connectivity index (χ0n) is 20.3. The van der Waals surface area contributed by atoms with Gasteiger partial charge < -0.3 is 19.7 Å². The van der Waals surface area contributed by atoms with E-state index < -0.39 is 18.0 Å². The SMILES string of the molecule is CC1CCC2(OC1)OC1CC3C4CC(=O)C5CC(O)C(O)CC5(C)C4CCC3(C)C1C2C. The van der Waals surface area contributed by atoms with Crippen molar-refractivity contribution in [3.8, 4) is 0 Å². The third kappa shape index (κ3) is 2.74. The molecule has 0 amide bonds. The molecule has 2 N–H and O–H groups in total. The molecule has 6 aliphatic rings. The highest BCUT2D eigenvalue weighted by Gasteiger charge is 2.70. The Balaban J connectivity index is 1.29. The number of Topliss-reactive ketones (excluding diaryl/α,β-unsaturated/α-hetero) is 1. The summed E-state index contributed by atoms with van der Waals surface area (Å²) >= 11 is 0. The first-order valence-corrected chi connectivity index (χ1v) is 13.3. The first-order valence-electron chi connectivity index (χ1n) is 13.3. The van der Waals surface area contributed by atoms with E-state index in [1.165, 1.54) is 12.8 Å². The molecule has 13 atom stereocenters. The van der Waals surface area contributed by atoms with Crippen molar-refractivity contribution >= 4 is 5.78 Å². The fourth-order valence-corrected chi connectivity index (χ4v) is 10.1.